The number of halogens is 1. The molecule has 0 spiro atoms. The molecule has 0 aromatic heterocycles. The van der Waals surface area contributed by atoms with Crippen molar-refractivity contribution in [3.05, 3.63) is 33.8 Å². The largest absolute Gasteiger partial charge is 0.481 e. The average molecular weight is 370 g/mol. The van der Waals surface area contributed by atoms with Crippen LogP contribution in [-0.2, 0) is 4.79 Å². The number of rotatable bonds is 3. The number of hydrogen-bond donors (Lipinski definition) is 2. The van der Waals surface area contributed by atoms with Gasteiger partial charge in [0.1, 0.15) is 0 Å². The van der Waals surface area contributed by atoms with E-state index >= 15 is 0 Å². The van der Waals surface area contributed by atoms with Gasteiger partial charge in [-0.2, -0.15) is 11.8 Å². The van der Waals surface area contributed by atoms with Crippen molar-refractivity contribution in [3.63, 3.8) is 0 Å². The van der Waals surface area contributed by atoms with E-state index in [9.17, 15) is 4.79 Å². The molecule has 3 rings (SSSR count). The monoisotopic (exact) mass is 369 g/mol. The van der Waals surface area contributed by atoms with Crippen molar-refractivity contribution in [3.8, 4) is 0 Å². The van der Waals surface area contributed by atoms with Gasteiger partial charge in [-0.3, -0.25) is 4.79 Å². The van der Waals surface area contributed by atoms with Crippen molar-refractivity contribution >= 4 is 33.7 Å². The Morgan fingerprint density at radius 2 is 2.10 bits per heavy atom. The highest BCUT2D eigenvalue weighted by Crippen LogP contribution is 2.37. The van der Waals surface area contributed by atoms with E-state index in [4.69, 9.17) is 5.11 Å². The van der Waals surface area contributed by atoms with Crippen molar-refractivity contribution in [2.24, 2.45) is 5.92 Å². The Bertz CT molecular complexity index is 531. The molecule has 2 unspecified atom stereocenters. The lowest BCUT2D eigenvalue weighted by molar-refractivity contribution is -0.141. The van der Waals surface area contributed by atoms with Crippen molar-refractivity contribution in [2.45, 2.75) is 31.2 Å². The smallest absolute Gasteiger partial charge is 0.307 e. The van der Waals surface area contributed by atoms with E-state index in [0.717, 1.165) is 0 Å². The summed E-state index contributed by atoms with van der Waals surface area (Å²) in [6.45, 7) is 0.569. The van der Waals surface area contributed by atoms with Gasteiger partial charge in [-0.25, -0.2) is 0 Å². The second-order valence-corrected chi connectivity index (χ2v) is 7.98. The van der Waals surface area contributed by atoms with Gasteiger partial charge in [-0.1, -0.05) is 28.1 Å². The van der Waals surface area contributed by atoms with E-state index in [0.29, 0.717) is 18.9 Å². The first-order valence-corrected chi connectivity index (χ1v) is 9.43. The standard InChI is InChI=1S/C16H20BrNO2S/c17-14-7-11(15-8-12(9-18-15)16(19)20)1-2-13(14)10-3-5-21-6-4-10/h1-2,7,10,12,15,18H,3-6,8-9H2,(H,19,20). The van der Waals surface area contributed by atoms with Crippen LogP contribution in [0.2, 0.25) is 0 Å². The lowest BCUT2D eigenvalue weighted by Gasteiger charge is -2.23. The minimum atomic E-state index is -0.694. The minimum Gasteiger partial charge on any atom is -0.481 e. The number of thioether (sulfide) groups is 1. The lowest BCUT2D eigenvalue weighted by Crippen LogP contribution is -2.17. The van der Waals surface area contributed by atoms with Crippen LogP contribution >= 0.6 is 27.7 Å². The van der Waals surface area contributed by atoms with E-state index in [2.05, 4.69) is 39.4 Å². The number of nitrogens with one attached hydrogen (secondary N) is 1. The topological polar surface area (TPSA) is 49.3 Å². The van der Waals surface area contributed by atoms with Gasteiger partial charge in [0.25, 0.3) is 0 Å². The van der Waals surface area contributed by atoms with E-state index in [1.165, 1.54) is 39.9 Å². The first-order valence-electron chi connectivity index (χ1n) is 7.48. The summed E-state index contributed by atoms with van der Waals surface area (Å²) >= 11 is 5.77. The van der Waals surface area contributed by atoms with E-state index in [1.807, 2.05) is 11.8 Å². The van der Waals surface area contributed by atoms with Gasteiger partial charge in [-0.15, -0.1) is 0 Å². The summed E-state index contributed by atoms with van der Waals surface area (Å²) < 4.78 is 1.18. The molecule has 2 heterocycles. The SMILES string of the molecule is O=C(O)C1CNC(c2ccc(C3CCSCC3)c(Br)c2)C1. The number of carboxylic acids is 1. The molecule has 0 radical (unpaired) electrons. The van der Waals surface area contributed by atoms with E-state index < -0.39 is 5.97 Å². The molecule has 2 atom stereocenters. The van der Waals surface area contributed by atoms with Crippen molar-refractivity contribution < 1.29 is 9.90 Å². The molecule has 2 saturated heterocycles. The Balaban J connectivity index is 1.73. The van der Waals surface area contributed by atoms with Crippen LogP contribution in [-0.4, -0.2) is 29.1 Å². The maximum Gasteiger partial charge on any atom is 0.307 e. The zero-order valence-electron chi connectivity index (χ0n) is 11.8. The molecule has 114 valence electrons. The molecule has 3 nitrogen and oxygen atoms in total. The zero-order chi connectivity index (χ0) is 14.8. The van der Waals surface area contributed by atoms with Crippen molar-refractivity contribution in [2.75, 3.05) is 18.1 Å². The van der Waals surface area contributed by atoms with Crippen LogP contribution < -0.4 is 5.32 Å². The van der Waals surface area contributed by atoms with Crippen LogP contribution in [0.5, 0.6) is 0 Å². The number of benzene rings is 1. The molecule has 2 aliphatic rings. The first-order chi connectivity index (χ1) is 10.1. The lowest BCUT2D eigenvalue weighted by atomic mass is 9.91. The fourth-order valence-electron chi connectivity index (χ4n) is 3.28. The number of carboxylic acid groups (broad SMARTS) is 1. The fourth-order valence-corrected chi connectivity index (χ4v) is 5.10. The molecule has 1 aromatic carbocycles. The summed E-state index contributed by atoms with van der Waals surface area (Å²) in [5.41, 5.74) is 2.60. The molecule has 0 aliphatic carbocycles. The molecule has 21 heavy (non-hydrogen) atoms. The van der Waals surface area contributed by atoms with Gasteiger partial charge in [0.2, 0.25) is 0 Å². The highest BCUT2D eigenvalue weighted by molar-refractivity contribution is 9.10. The molecule has 5 heteroatoms. The van der Waals surface area contributed by atoms with Crippen LogP contribution in [0.4, 0.5) is 0 Å². The van der Waals surface area contributed by atoms with Gasteiger partial charge in [-0.05, 0) is 53.9 Å². The summed E-state index contributed by atoms with van der Waals surface area (Å²) in [6, 6.07) is 6.75. The average Bonchev–Trinajstić information content (AvgIpc) is 2.98. The molecule has 0 saturated carbocycles. The molecule has 0 bridgehead atoms. The van der Waals surface area contributed by atoms with Crippen LogP contribution in [0.1, 0.15) is 42.3 Å². The summed E-state index contributed by atoms with van der Waals surface area (Å²) in [4.78, 5) is 11.1. The fraction of sp³-hybridized carbons (Fsp3) is 0.562. The second-order valence-electron chi connectivity index (χ2n) is 5.90. The summed E-state index contributed by atoms with van der Waals surface area (Å²) in [5.74, 6) is 2.22. The van der Waals surface area contributed by atoms with E-state index in [-0.39, 0.29) is 12.0 Å². The Kier molecular flexibility index (Phi) is 4.92. The summed E-state index contributed by atoms with van der Waals surface area (Å²) in [6.07, 6.45) is 3.19. The highest BCUT2D eigenvalue weighted by atomic mass is 79.9. The van der Waals surface area contributed by atoms with Gasteiger partial charge in [0.05, 0.1) is 5.92 Å². The summed E-state index contributed by atoms with van der Waals surface area (Å²) in [5, 5.41) is 12.4. The Morgan fingerprint density at radius 3 is 2.71 bits per heavy atom. The molecule has 2 aliphatic heterocycles. The predicted octanol–water partition coefficient (Wildman–Crippen LogP) is 3.79. The second kappa shape index (κ2) is 6.71. The summed E-state index contributed by atoms with van der Waals surface area (Å²) in [7, 11) is 0. The third-order valence-corrected chi connectivity index (χ3v) is 6.30. The first kappa shape index (κ1) is 15.4. The molecular formula is C16H20BrNO2S. The predicted molar refractivity (Wildman–Crippen MR) is 89.9 cm³/mol. The van der Waals surface area contributed by atoms with Gasteiger partial charge >= 0.3 is 5.97 Å². The molecule has 2 fully saturated rings. The number of carbonyl (C=O) groups is 1. The Morgan fingerprint density at radius 1 is 1.33 bits per heavy atom. The van der Waals surface area contributed by atoms with Crippen LogP contribution in [0, 0.1) is 5.92 Å². The molecule has 2 N–H and O–H groups in total. The Labute approximate surface area is 138 Å². The van der Waals surface area contributed by atoms with Crippen molar-refractivity contribution in [1.82, 2.24) is 5.32 Å². The number of aliphatic carboxylic acids is 1. The minimum absolute atomic E-state index is 0.165. The molecule has 0 amide bonds. The number of hydrogen-bond acceptors (Lipinski definition) is 3. The van der Waals surface area contributed by atoms with Gasteiger partial charge in [0, 0.05) is 17.1 Å². The maximum atomic E-state index is 11.1. The zero-order valence-corrected chi connectivity index (χ0v) is 14.3. The van der Waals surface area contributed by atoms with Crippen molar-refractivity contribution in [1.29, 1.82) is 0 Å². The van der Waals surface area contributed by atoms with Crippen LogP contribution in [0.15, 0.2) is 22.7 Å². The van der Waals surface area contributed by atoms with Gasteiger partial charge in [0.15, 0.2) is 0 Å². The van der Waals surface area contributed by atoms with Gasteiger partial charge < -0.3 is 10.4 Å². The quantitative estimate of drug-likeness (QED) is 0.850. The maximum absolute atomic E-state index is 11.1. The van der Waals surface area contributed by atoms with Crippen LogP contribution in [0.25, 0.3) is 0 Å². The third-order valence-electron chi connectivity index (χ3n) is 4.57. The normalized spacial score (nSPS) is 26.9. The molecular weight excluding hydrogens is 350 g/mol. The third kappa shape index (κ3) is 3.46. The molecule has 1 aromatic rings. The highest BCUT2D eigenvalue weighted by Gasteiger charge is 2.30. The van der Waals surface area contributed by atoms with E-state index in [1.54, 1.807) is 0 Å². The van der Waals surface area contributed by atoms with Crippen LogP contribution in [0.3, 0.4) is 0 Å². The Hall–Kier alpha value is -0.520.